The Labute approximate surface area is 124 Å². The first kappa shape index (κ1) is 17.4. The summed E-state index contributed by atoms with van der Waals surface area (Å²) in [6.07, 6.45) is 1.74. The minimum atomic E-state index is -1.08. The summed E-state index contributed by atoms with van der Waals surface area (Å²) in [6, 6.07) is 0. The van der Waals surface area contributed by atoms with E-state index in [4.69, 9.17) is 9.47 Å². The maximum Gasteiger partial charge on any atom is 0.334 e. The van der Waals surface area contributed by atoms with Crippen LogP contribution in [0, 0.1) is 0 Å². The van der Waals surface area contributed by atoms with Crippen LogP contribution in [0.1, 0.15) is 33.6 Å². The summed E-state index contributed by atoms with van der Waals surface area (Å²) in [4.78, 5) is 23.0. The van der Waals surface area contributed by atoms with E-state index in [1.165, 1.54) is 19.1 Å². The zero-order valence-electron chi connectivity index (χ0n) is 12.5. The van der Waals surface area contributed by atoms with Crippen molar-refractivity contribution >= 4 is 11.9 Å². The standard InChI is InChI=1S/C15H22O6/c1-4-9(2)15(19)21-13(6-5-11(17)10(3)16)12-7-8-14(18)20-12/h4-6,10-13,16-17H,7-8H2,1-3H3/b6-5+,9-4+/t10-,11-,12-,13-/m0/s1. The number of carbonyl (C=O) groups excluding carboxylic acids is 2. The Kier molecular flexibility index (Phi) is 6.58. The van der Waals surface area contributed by atoms with Crippen LogP contribution in [0.15, 0.2) is 23.8 Å². The van der Waals surface area contributed by atoms with Gasteiger partial charge in [-0.05, 0) is 33.3 Å². The van der Waals surface area contributed by atoms with Gasteiger partial charge in [-0.15, -0.1) is 0 Å². The molecule has 1 aliphatic rings. The lowest BCUT2D eigenvalue weighted by molar-refractivity contribution is -0.155. The molecule has 6 nitrogen and oxygen atoms in total. The van der Waals surface area contributed by atoms with Crippen LogP contribution in [0.25, 0.3) is 0 Å². The van der Waals surface area contributed by atoms with Crippen molar-refractivity contribution < 1.29 is 29.3 Å². The van der Waals surface area contributed by atoms with Gasteiger partial charge in [-0.3, -0.25) is 4.79 Å². The van der Waals surface area contributed by atoms with E-state index in [2.05, 4.69) is 0 Å². The molecule has 4 atom stereocenters. The Morgan fingerprint density at radius 2 is 2.10 bits per heavy atom. The molecule has 0 bridgehead atoms. The van der Waals surface area contributed by atoms with Gasteiger partial charge < -0.3 is 19.7 Å². The monoisotopic (exact) mass is 298 g/mol. The predicted molar refractivity (Wildman–Crippen MR) is 75.3 cm³/mol. The molecular formula is C15H22O6. The number of rotatable bonds is 6. The van der Waals surface area contributed by atoms with E-state index < -0.39 is 30.4 Å². The van der Waals surface area contributed by atoms with Crippen molar-refractivity contribution in [3.63, 3.8) is 0 Å². The zero-order valence-corrected chi connectivity index (χ0v) is 12.5. The molecule has 1 fully saturated rings. The van der Waals surface area contributed by atoms with Crippen LogP contribution >= 0.6 is 0 Å². The fourth-order valence-corrected chi connectivity index (χ4v) is 1.74. The average molecular weight is 298 g/mol. The summed E-state index contributed by atoms with van der Waals surface area (Å²) in [7, 11) is 0. The highest BCUT2D eigenvalue weighted by Crippen LogP contribution is 2.21. The van der Waals surface area contributed by atoms with E-state index in [1.807, 2.05) is 0 Å². The minimum absolute atomic E-state index is 0.272. The number of esters is 2. The number of cyclic esters (lactones) is 1. The molecule has 2 N–H and O–H groups in total. The van der Waals surface area contributed by atoms with Crippen LogP contribution < -0.4 is 0 Å². The van der Waals surface area contributed by atoms with Crippen LogP contribution in [-0.2, 0) is 19.1 Å². The van der Waals surface area contributed by atoms with Crippen LogP contribution in [0.3, 0.4) is 0 Å². The number of carbonyl (C=O) groups is 2. The third-order valence-electron chi connectivity index (χ3n) is 3.27. The van der Waals surface area contributed by atoms with Crippen molar-refractivity contribution in [1.29, 1.82) is 0 Å². The normalized spacial score (nSPS) is 23.8. The van der Waals surface area contributed by atoms with Crippen molar-refractivity contribution in [3.8, 4) is 0 Å². The highest BCUT2D eigenvalue weighted by atomic mass is 16.6. The summed E-state index contributed by atoms with van der Waals surface area (Å²) >= 11 is 0. The number of aliphatic hydroxyl groups is 2. The van der Waals surface area contributed by atoms with Gasteiger partial charge in [-0.1, -0.05) is 12.2 Å². The molecule has 0 aromatic heterocycles. The SMILES string of the molecule is C/C=C(\C)C(=O)O[C@@H](/C=C/[C@H](O)[C@H](C)O)[C@@H]1CCC(=O)O1. The molecule has 0 aromatic rings. The van der Waals surface area contributed by atoms with E-state index in [0.717, 1.165) is 0 Å². The lowest BCUT2D eigenvalue weighted by Gasteiger charge is -2.20. The molecule has 0 spiro atoms. The molecule has 0 aromatic carbocycles. The molecule has 1 heterocycles. The lowest BCUT2D eigenvalue weighted by Crippen LogP contribution is -2.31. The van der Waals surface area contributed by atoms with E-state index in [1.54, 1.807) is 19.9 Å². The second-order valence-electron chi connectivity index (χ2n) is 5.02. The van der Waals surface area contributed by atoms with E-state index in [-0.39, 0.29) is 12.4 Å². The molecule has 0 radical (unpaired) electrons. The average Bonchev–Trinajstić information content (AvgIpc) is 2.87. The van der Waals surface area contributed by atoms with Gasteiger partial charge >= 0.3 is 11.9 Å². The number of hydrogen-bond acceptors (Lipinski definition) is 6. The first-order valence-electron chi connectivity index (χ1n) is 6.93. The Bertz CT molecular complexity index is 437. The first-order valence-corrected chi connectivity index (χ1v) is 6.93. The smallest absolute Gasteiger partial charge is 0.334 e. The summed E-state index contributed by atoms with van der Waals surface area (Å²) < 4.78 is 10.4. The molecule has 21 heavy (non-hydrogen) atoms. The van der Waals surface area contributed by atoms with Crippen molar-refractivity contribution in [2.24, 2.45) is 0 Å². The topological polar surface area (TPSA) is 93.1 Å². The Morgan fingerprint density at radius 3 is 2.57 bits per heavy atom. The highest BCUT2D eigenvalue weighted by molar-refractivity contribution is 5.87. The fourth-order valence-electron chi connectivity index (χ4n) is 1.74. The molecule has 0 saturated carbocycles. The Morgan fingerprint density at radius 1 is 1.43 bits per heavy atom. The molecule has 118 valence electrons. The Balaban J connectivity index is 2.79. The molecule has 1 aliphatic heterocycles. The van der Waals surface area contributed by atoms with Gasteiger partial charge in [0.2, 0.25) is 0 Å². The zero-order chi connectivity index (χ0) is 16.0. The number of aliphatic hydroxyl groups excluding tert-OH is 2. The quantitative estimate of drug-likeness (QED) is 0.429. The number of hydrogen-bond donors (Lipinski definition) is 2. The number of ether oxygens (including phenoxy) is 2. The van der Waals surface area contributed by atoms with E-state index >= 15 is 0 Å². The highest BCUT2D eigenvalue weighted by Gasteiger charge is 2.32. The van der Waals surface area contributed by atoms with Gasteiger partial charge in [0, 0.05) is 12.0 Å². The molecule has 0 amide bonds. The van der Waals surface area contributed by atoms with Crippen LogP contribution in [-0.4, -0.2) is 46.6 Å². The maximum absolute atomic E-state index is 11.8. The molecule has 1 rings (SSSR count). The van der Waals surface area contributed by atoms with Crippen LogP contribution in [0.4, 0.5) is 0 Å². The molecule has 0 unspecified atom stereocenters. The predicted octanol–water partition coefficient (Wildman–Crippen LogP) is 0.868. The van der Waals surface area contributed by atoms with Gasteiger partial charge in [0.1, 0.15) is 6.10 Å². The van der Waals surface area contributed by atoms with Crippen molar-refractivity contribution in [2.45, 2.75) is 58.0 Å². The summed E-state index contributed by atoms with van der Waals surface area (Å²) in [5.74, 6) is -0.852. The summed E-state index contributed by atoms with van der Waals surface area (Å²) in [5.41, 5.74) is 0.439. The summed E-state index contributed by atoms with van der Waals surface area (Å²) in [6.45, 7) is 4.78. The van der Waals surface area contributed by atoms with Crippen molar-refractivity contribution in [3.05, 3.63) is 23.8 Å². The van der Waals surface area contributed by atoms with Crippen LogP contribution in [0.5, 0.6) is 0 Å². The Hall–Kier alpha value is -1.66. The molecule has 1 saturated heterocycles. The van der Waals surface area contributed by atoms with Crippen molar-refractivity contribution in [1.82, 2.24) is 0 Å². The molecule has 0 aliphatic carbocycles. The second-order valence-corrected chi connectivity index (χ2v) is 5.02. The van der Waals surface area contributed by atoms with Gasteiger partial charge in [-0.25, -0.2) is 4.79 Å². The summed E-state index contributed by atoms with van der Waals surface area (Å²) in [5, 5.41) is 18.8. The van der Waals surface area contributed by atoms with Gasteiger partial charge in [0.15, 0.2) is 6.10 Å². The molecule has 6 heteroatoms. The second kappa shape index (κ2) is 7.95. The minimum Gasteiger partial charge on any atom is -0.458 e. The van der Waals surface area contributed by atoms with E-state index in [9.17, 15) is 19.8 Å². The van der Waals surface area contributed by atoms with Gasteiger partial charge in [0.05, 0.1) is 12.2 Å². The largest absolute Gasteiger partial charge is 0.458 e. The van der Waals surface area contributed by atoms with Crippen LogP contribution in [0.2, 0.25) is 0 Å². The maximum atomic E-state index is 11.8. The van der Waals surface area contributed by atoms with Gasteiger partial charge in [0.25, 0.3) is 0 Å². The fraction of sp³-hybridized carbons (Fsp3) is 0.600. The third kappa shape index (κ3) is 5.32. The first-order chi connectivity index (χ1) is 9.85. The number of allylic oxidation sites excluding steroid dienone is 1. The van der Waals surface area contributed by atoms with Crippen molar-refractivity contribution in [2.75, 3.05) is 0 Å². The van der Waals surface area contributed by atoms with Gasteiger partial charge in [-0.2, -0.15) is 0 Å². The third-order valence-corrected chi connectivity index (χ3v) is 3.27. The van der Waals surface area contributed by atoms with E-state index in [0.29, 0.717) is 12.0 Å². The lowest BCUT2D eigenvalue weighted by atomic mass is 10.1. The molecular weight excluding hydrogens is 276 g/mol.